The van der Waals surface area contributed by atoms with Gasteiger partial charge >= 0.3 is 5.97 Å². The van der Waals surface area contributed by atoms with Crippen molar-refractivity contribution in [3.8, 4) is 0 Å². The molecule has 1 aromatic rings. The van der Waals surface area contributed by atoms with Gasteiger partial charge in [0, 0.05) is 63.2 Å². The highest BCUT2D eigenvalue weighted by atomic mass is 32.1. The van der Waals surface area contributed by atoms with Crippen LogP contribution in [0.1, 0.15) is 113 Å². The van der Waals surface area contributed by atoms with Crippen LogP contribution >= 0.6 is 11.3 Å². The molecule has 4 heterocycles. The minimum atomic E-state index is -1.84. The van der Waals surface area contributed by atoms with Gasteiger partial charge in [-0.15, -0.1) is 11.3 Å². The van der Waals surface area contributed by atoms with Crippen molar-refractivity contribution in [2.75, 3.05) is 39.8 Å². The van der Waals surface area contributed by atoms with Crippen LogP contribution in [0, 0.1) is 17.8 Å². The monoisotopic (exact) mass is 889 g/mol. The topological polar surface area (TPSA) is 214 Å². The number of cyclic esters (lactones) is 1. The third kappa shape index (κ3) is 13.8. The number of carbonyl (C=O) groups excluding carboxylic acids is 1. The average Bonchev–Trinajstić information content (AvgIpc) is 3.73. The first-order valence-electron chi connectivity index (χ1n) is 22.5. The molecular weight excluding hydrogens is 809 g/mol. The fourth-order valence-electron chi connectivity index (χ4n) is 9.54. The van der Waals surface area contributed by atoms with Crippen LogP contribution < -0.4 is 10.6 Å². The van der Waals surface area contributed by atoms with E-state index in [0.717, 1.165) is 37.6 Å². The van der Waals surface area contributed by atoms with E-state index in [1.165, 1.54) is 14.0 Å². The van der Waals surface area contributed by atoms with Gasteiger partial charge in [0.2, 0.25) is 0 Å². The summed E-state index contributed by atoms with van der Waals surface area (Å²) in [6, 6.07) is -0.567. The molecule has 0 amide bonds. The van der Waals surface area contributed by atoms with E-state index >= 15 is 0 Å². The lowest BCUT2D eigenvalue weighted by Crippen LogP contribution is -2.60. The lowest BCUT2D eigenvalue weighted by molar-refractivity contribution is -0.314. The maximum absolute atomic E-state index is 14.4. The average molecular weight is 889 g/mol. The number of thiazole rings is 1. The molecule has 4 rings (SSSR count). The summed E-state index contributed by atoms with van der Waals surface area (Å²) >= 11 is 1.62. The van der Waals surface area contributed by atoms with E-state index in [0.29, 0.717) is 25.9 Å². The molecule has 3 aliphatic rings. The van der Waals surface area contributed by atoms with Crippen LogP contribution in [0.4, 0.5) is 0 Å². The highest BCUT2D eigenvalue weighted by Crippen LogP contribution is 2.40. The molecule has 3 saturated heterocycles. The molecule has 0 radical (unpaired) electrons. The largest absolute Gasteiger partial charge is 0.459 e. The second-order valence-corrected chi connectivity index (χ2v) is 19.8. The minimum absolute atomic E-state index is 0.132. The van der Waals surface area contributed by atoms with Crippen LogP contribution in [0.15, 0.2) is 11.6 Å². The number of ether oxygens (including phenoxy) is 6. The Hall–Kier alpha value is -1.42. The molecule has 0 aromatic carbocycles. The van der Waals surface area contributed by atoms with Crippen molar-refractivity contribution in [1.29, 1.82) is 0 Å². The summed E-state index contributed by atoms with van der Waals surface area (Å²) in [4.78, 5) is 20.8. The number of nitrogens with zero attached hydrogens (tertiary/aromatic N) is 2. The maximum Gasteiger partial charge on any atom is 0.311 e. The van der Waals surface area contributed by atoms with E-state index in [9.17, 15) is 30.3 Å². The second-order valence-electron chi connectivity index (χ2n) is 18.8. The third-order valence-electron chi connectivity index (χ3n) is 13.3. The number of hydrogen-bond donors (Lipinski definition) is 7. The number of esters is 1. The first-order chi connectivity index (χ1) is 28.6. The van der Waals surface area contributed by atoms with Crippen molar-refractivity contribution in [2.24, 2.45) is 17.8 Å². The van der Waals surface area contributed by atoms with Gasteiger partial charge in [0.25, 0.3) is 0 Å². The first-order valence-corrected chi connectivity index (χ1v) is 23.4. The highest BCUT2D eigenvalue weighted by molar-refractivity contribution is 7.09. The molecule has 3 fully saturated rings. The summed E-state index contributed by atoms with van der Waals surface area (Å²) in [6.07, 6.45) is -5.00. The van der Waals surface area contributed by atoms with E-state index in [2.05, 4.69) is 20.5 Å². The Morgan fingerprint density at radius 1 is 0.951 bits per heavy atom. The van der Waals surface area contributed by atoms with Crippen LogP contribution in [0.5, 0.6) is 0 Å². The number of methoxy groups -OCH3 is 1. The van der Waals surface area contributed by atoms with Gasteiger partial charge in [-0.1, -0.05) is 20.8 Å². The summed E-state index contributed by atoms with van der Waals surface area (Å²) in [6.45, 7) is 21.8. The number of hydrogen-bond acceptors (Lipinski definition) is 17. The fraction of sp³-hybridized carbons (Fsp3) is 0.909. The van der Waals surface area contributed by atoms with Gasteiger partial charge in [0.15, 0.2) is 12.6 Å². The molecule has 3 aliphatic heterocycles. The van der Waals surface area contributed by atoms with Crippen molar-refractivity contribution in [3.63, 3.8) is 0 Å². The maximum atomic E-state index is 14.4. The van der Waals surface area contributed by atoms with E-state index in [4.69, 9.17) is 28.4 Å². The number of aromatic nitrogens is 1. The predicted octanol–water partition coefficient (Wildman–Crippen LogP) is 2.96. The summed E-state index contributed by atoms with van der Waals surface area (Å²) in [7, 11) is 1.51. The van der Waals surface area contributed by atoms with Gasteiger partial charge in [-0.2, -0.15) is 0 Å². The van der Waals surface area contributed by atoms with Gasteiger partial charge in [-0.05, 0) is 99.6 Å². The van der Waals surface area contributed by atoms with Gasteiger partial charge in [0.05, 0.1) is 41.5 Å². The van der Waals surface area contributed by atoms with Crippen molar-refractivity contribution >= 4 is 17.3 Å². The standard InChI is InChI=1S/C44H80N4O12S/c1-12-33-44(10,54)37(50)30(6)48(20-13-16-45-17-18-46-24-34-47-19-21-61-34)25-26(2)22-42(8,53)39(60-41-32(49)15-14-27(3)56-41)28(4)36(29(5)40(52)58-33)59-35-23-43(9,55-11)38(51)31(7)57-35/h19,21,26-33,35-39,41,45-46,49-51,53-54H,12-18,20,22-25H2,1-11H3/t26-,27-,28+,29-,30-,31+,32-,33-,35+,36+,37-,38+,39-,41+,42-,43-,44-/m1/s1. The van der Waals surface area contributed by atoms with Crippen LogP contribution in [0.2, 0.25) is 0 Å². The Balaban J connectivity index is 1.66. The third-order valence-corrected chi connectivity index (χ3v) is 14.1. The number of carbonyl (C=O) groups is 1. The Morgan fingerprint density at radius 3 is 2.31 bits per heavy atom. The molecule has 0 spiro atoms. The van der Waals surface area contributed by atoms with Gasteiger partial charge in [-0.3, -0.25) is 9.69 Å². The summed E-state index contributed by atoms with van der Waals surface area (Å²) in [5.74, 6) is -2.61. The molecule has 1 aromatic heterocycles. The zero-order valence-electron chi connectivity index (χ0n) is 38.6. The molecule has 7 N–H and O–H groups in total. The van der Waals surface area contributed by atoms with Crippen molar-refractivity contribution < 1.29 is 58.7 Å². The zero-order chi connectivity index (χ0) is 45.3. The van der Waals surface area contributed by atoms with Crippen molar-refractivity contribution in [2.45, 2.75) is 199 Å². The lowest BCUT2D eigenvalue weighted by Gasteiger charge is -2.48. The van der Waals surface area contributed by atoms with E-state index in [1.54, 1.807) is 52.2 Å². The Kier molecular flexibility index (Phi) is 19.8. The van der Waals surface area contributed by atoms with Gasteiger partial charge in [-0.25, -0.2) is 4.98 Å². The minimum Gasteiger partial charge on any atom is -0.459 e. The molecule has 17 atom stereocenters. The number of nitrogens with one attached hydrogen (secondary N) is 2. The Labute approximate surface area is 368 Å². The van der Waals surface area contributed by atoms with E-state index in [1.807, 2.05) is 33.1 Å². The highest BCUT2D eigenvalue weighted by Gasteiger charge is 2.52. The normalized spacial score (nSPS) is 42.7. The van der Waals surface area contributed by atoms with Gasteiger partial charge in [0.1, 0.15) is 35.0 Å². The summed E-state index contributed by atoms with van der Waals surface area (Å²) in [5, 5.41) is 68.8. The van der Waals surface area contributed by atoms with Crippen molar-refractivity contribution in [1.82, 2.24) is 20.5 Å². The number of aliphatic hydroxyl groups is 5. The molecule has 0 unspecified atom stereocenters. The van der Waals surface area contributed by atoms with E-state index in [-0.39, 0.29) is 31.3 Å². The molecule has 61 heavy (non-hydrogen) atoms. The molecule has 0 saturated carbocycles. The quantitative estimate of drug-likeness (QED) is 0.0997. The summed E-state index contributed by atoms with van der Waals surface area (Å²) in [5.41, 5.74) is -4.43. The molecule has 0 bridgehead atoms. The Bertz CT molecular complexity index is 1440. The molecule has 17 heteroatoms. The number of rotatable bonds is 15. The van der Waals surface area contributed by atoms with E-state index < -0.39 is 96.0 Å². The fourth-order valence-corrected chi connectivity index (χ4v) is 10.1. The molecule has 354 valence electrons. The first kappa shape index (κ1) is 52.2. The SMILES string of the molecule is CC[C@H]1OC(=O)[C@H](C)[C@@H](O[C@H]2C[C@@](C)(OC)[C@@H](O)[C@H](C)O2)[C@H](C)[C@@H](O[C@@H]2O[C@H](C)CC[C@H]2O)[C@](C)(O)C[C@@H](C)CN(CCCNCCNCc2nccs2)[C@H](C)[C@@H](O)[C@]1(C)O. The molecular formula is C44H80N4O12S. The smallest absolute Gasteiger partial charge is 0.311 e. The van der Waals surface area contributed by atoms with Crippen LogP contribution in [0.25, 0.3) is 0 Å². The van der Waals surface area contributed by atoms with Crippen LogP contribution in [0.3, 0.4) is 0 Å². The predicted molar refractivity (Wildman–Crippen MR) is 232 cm³/mol. The zero-order valence-corrected chi connectivity index (χ0v) is 39.4. The molecule has 0 aliphatic carbocycles. The van der Waals surface area contributed by atoms with Crippen LogP contribution in [-0.4, -0.2) is 165 Å². The Morgan fingerprint density at radius 2 is 1.66 bits per heavy atom. The molecule has 16 nitrogen and oxygen atoms in total. The summed E-state index contributed by atoms with van der Waals surface area (Å²) < 4.78 is 37.7. The second kappa shape index (κ2) is 23.2. The van der Waals surface area contributed by atoms with Crippen molar-refractivity contribution in [3.05, 3.63) is 16.6 Å². The number of aliphatic hydroxyl groups excluding tert-OH is 3. The van der Waals surface area contributed by atoms with Crippen LogP contribution in [-0.2, 0) is 39.8 Å². The lowest BCUT2D eigenvalue weighted by atomic mass is 9.77. The van der Waals surface area contributed by atoms with Gasteiger partial charge < -0.3 is 64.6 Å².